The molecule has 0 aromatic heterocycles. The van der Waals surface area contributed by atoms with E-state index in [2.05, 4.69) is 159 Å². The number of nitrogens with two attached hydrogens (primary N) is 2. The molecule has 12 rings (SSSR count). The maximum atomic E-state index is 7.01. The summed E-state index contributed by atoms with van der Waals surface area (Å²) in [7, 11) is 0. The van der Waals surface area contributed by atoms with Crippen molar-refractivity contribution in [2.75, 3.05) is 0 Å². The van der Waals surface area contributed by atoms with E-state index >= 15 is 0 Å². The second-order valence-corrected chi connectivity index (χ2v) is 15.9. The van der Waals surface area contributed by atoms with E-state index in [1.807, 2.05) is 60.7 Å². The number of fused-ring (bicyclic) bond motifs is 17. The fourth-order valence-corrected chi connectivity index (χ4v) is 9.81. The summed E-state index contributed by atoms with van der Waals surface area (Å²) in [5.74, 6) is 0.121. The van der Waals surface area contributed by atoms with Crippen LogP contribution in [0.1, 0.15) is 38.9 Å². The zero-order valence-electron chi connectivity index (χ0n) is 34.1. The van der Waals surface area contributed by atoms with Crippen molar-refractivity contribution in [2.45, 2.75) is 18.9 Å². The van der Waals surface area contributed by atoms with E-state index in [-0.39, 0.29) is 5.84 Å². The summed E-state index contributed by atoms with van der Waals surface area (Å²) in [6.07, 6.45) is 0. The first kappa shape index (κ1) is 37.7. The molecule has 3 heteroatoms. The van der Waals surface area contributed by atoms with E-state index in [4.69, 9.17) is 16.9 Å². The second kappa shape index (κ2) is 15.5. The predicted molar refractivity (Wildman–Crippen MR) is 257 cm³/mol. The molecule has 2 aliphatic rings. The lowest BCUT2D eigenvalue weighted by Gasteiger charge is -2.32. The minimum atomic E-state index is -0.424. The highest BCUT2D eigenvalue weighted by molar-refractivity contribution is 6.21. The lowest BCUT2D eigenvalue weighted by Crippen LogP contribution is -2.26. The van der Waals surface area contributed by atoms with Crippen LogP contribution in [0.25, 0.3) is 65.7 Å². The predicted octanol–water partition coefficient (Wildman–Crippen LogP) is 13.6. The van der Waals surface area contributed by atoms with E-state index in [9.17, 15) is 0 Å². The lowest BCUT2D eigenvalue weighted by atomic mass is 9.68. The van der Waals surface area contributed by atoms with Crippen LogP contribution >= 0.6 is 0 Å². The molecule has 0 saturated heterocycles. The summed E-state index contributed by atoms with van der Waals surface area (Å²) < 4.78 is 0. The monoisotopic (exact) mass is 783 g/mol. The number of nitrogen functional groups attached to an aromatic ring is 1. The quantitative estimate of drug-likeness (QED) is 0.0948. The number of rotatable bonds is 3. The average Bonchev–Trinajstić information content (AvgIpc) is 3.81. The fourth-order valence-electron chi connectivity index (χ4n) is 9.81. The van der Waals surface area contributed by atoms with Crippen molar-refractivity contribution < 1.29 is 0 Å². The zero-order chi connectivity index (χ0) is 41.5. The highest BCUT2D eigenvalue weighted by Crippen LogP contribution is 2.66. The van der Waals surface area contributed by atoms with Gasteiger partial charge in [-0.05, 0) is 107 Å². The van der Waals surface area contributed by atoms with Gasteiger partial charge in [-0.15, -0.1) is 0 Å². The molecule has 2 aliphatic carbocycles. The van der Waals surface area contributed by atoms with Gasteiger partial charge in [0.2, 0.25) is 0 Å². The van der Waals surface area contributed by atoms with Crippen molar-refractivity contribution in [2.24, 2.45) is 11.5 Å². The Labute approximate surface area is 357 Å². The maximum Gasteiger partial charge on any atom is 0.122 e. The molecule has 0 fully saturated rings. The molecule has 292 valence electrons. The Morgan fingerprint density at radius 1 is 0.459 bits per heavy atom. The van der Waals surface area contributed by atoms with Crippen LogP contribution in [0.5, 0.6) is 0 Å². The van der Waals surface area contributed by atoms with Gasteiger partial charge in [-0.3, -0.25) is 5.41 Å². The Morgan fingerprint density at radius 2 is 0.984 bits per heavy atom. The van der Waals surface area contributed by atoms with Gasteiger partial charge in [0.05, 0.1) is 5.41 Å². The molecule has 0 bridgehead atoms. The zero-order valence-corrected chi connectivity index (χ0v) is 34.1. The fraction of sp³-hybridized carbons (Fsp3) is 0.0517. The topological polar surface area (TPSA) is 75.9 Å². The van der Waals surface area contributed by atoms with Crippen molar-refractivity contribution >= 4 is 38.2 Å². The Balaban J connectivity index is 0.000000219. The average molecular weight is 784 g/mol. The van der Waals surface area contributed by atoms with Crippen LogP contribution in [0, 0.1) is 12.3 Å². The molecule has 0 heterocycles. The third-order valence-corrected chi connectivity index (χ3v) is 12.5. The van der Waals surface area contributed by atoms with Crippen molar-refractivity contribution in [3.63, 3.8) is 0 Å². The minimum absolute atomic E-state index is 0.121. The molecule has 0 aliphatic heterocycles. The molecule has 0 radical (unpaired) electrons. The molecule has 0 unspecified atom stereocenters. The summed E-state index contributed by atoms with van der Waals surface area (Å²) in [4.78, 5) is 0. The van der Waals surface area contributed by atoms with Gasteiger partial charge >= 0.3 is 0 Å². The summed E-state index contributed by atoms with van der Waals surface area (Å²) in [5.41, 5.74) is 26.9. The minimum Gasteiger partial charge on any atom is -0.384 e. The van der Waals surface area contributed by atoms with E-state index < -0.39 is 5.41 Å². The van der Waals surface area contributed by atoms with Gasteiger partial charge in [0.1, 0.15) is 5.84 Å². The molecular weight excluding hydrogens is 739 g/mol. The van der Waals surface area contributed by atoms with Gasteiger partial charge in [0, 0.05) is 12.1 Å². The third kappa shape index (κ3) is 6.21. The molecule has 3 nitrogen and oxygen atoms in total. The van der Waals surface area contributed by atoms with Crippen LogP contribution in [0.15, 0.2) is 212 Å². The second-order valence-electron chi connectivity index (χ2n) is 15.9. The van der Waals surface area contributed by atoms with E-state index in [0.717, 1.165) is 5.56 Å². The highest BCUT2D eigenvalue weighted by Gasteiger charge is 2.53. The number of nitrogens with one attached hydrogen (secondary N) is 1. The SMILES string of the molecule is Cc1ccc(-c2ccc3c4c(ccc3c2)-c2c(c3ccccc3c3ccccc23)C42c3ccccc3-c3ccccc32)cc1.N=C(N)c1ccccc1.NCc1ccccc1. The van der Waals surface area contributed by atoms with E-state index in [0.29, 0.717) is 6.54 Å². The number of amidine groups is 1. The summed E-state index contributed by atoms with van der Waals surface area (Å²) in [6, 6.07) is 76.3. The van der Waals surface area contributed by atoms with Crippen LogP contribution in [-0.4, -0.2) is 5.84 Å². The van der Waals surface area contributed by atoms with Gasteiger partial charge in [0.25, 0.3) is 0 Å². The largest absolute Gasteiger partial charge is 0.384 e. The molecular formula is C58H45N3. The molecule has 0 amide bonds. The normalized spacial score (nSPS) is 12.4. The molecule has 0 atom stereocenters. The van der Waals surface area contributed by atoms with Crippen LogP contribution in [-0.2, 0) is 12.0 Å². The first-order valence-electron chi connectivity index (χ1n) is 20.9. The number of aryl methyl sites for hydroxylation is 1. The van der Waals surface area contributed by atoms with Gasteiger partial charge in [-0.25, -0.2) is 0 Å². The van der Waals surface area contributed by atoms with E-state index in [1.54, 1.807) is 0 Å². The Bertz CT molecular complexity index is 3210. The number of hydrogen-bond acceptors (Lipinski definition) is 2. The summed E-state index contributed by atoms with van der Waals surface area (Å²) in [5, 5.41) is 14.9. The molecule has 61 heavy (non-hydrogen) atoms. The number of hydrogen-bond donors (Lipinski definition) is 3. The summed E-state index contributed by atoms with van der Waals surface area (Å²) in [6.45, 7) is 2.79. The van der Waals surface area contributed by atoms with Gasteiger partial charge in [-0.2, -0.15) is 0 Å². The highest BCUT2D eigenvalue weighted by atomic mass is 14.7. The van der Waals surface area contributed by atoms with Crippen LogP contribution < -0.4 is 11.5 Å². The Kier molecular flexibility index (Phi) is 9.60. The van der Waals surface area contributed by atoms with Crippen LogP contribution in [0.4, 0.5) is 0 Å². The van der Waals surface area contributed by atoms with Crippen molar-refractivity contribution in [3.05, 3.63) is 251 Å². The van der Waals surface area contributed by atoms with Crippen LogP contribution in [0.3, 0.4) is 0 Å². The van der Waals surface area contributed by atoms with Crippen molar-refractivity contribution in [3.8, 4) is 33.4 Å². The molecule has 1 spiro atoms. The number of benzene rings is 10. The maximum absolute atomic E-state index is 7.01. The van der Waals surface area contributed by atoms with Gasteiger partial charge < -0.3 is 11.5 Å². The molecule has 0 saturated carbocycles. The smallest absolute Gasteiger partial charge is 0.122 e. The van der Waals surface area contributed by atoms with Crippen LogP contribution in [0.2, 0.25) is 0 Å². The molecule has 5 N–H and O–H groups in total. The van der Waals surface area contributed by atoms with Gasteiger partial charge in [0.15, 0.2) is 0 Å². The summed E-state index contributed by atoms with van der Waals surface area (Å²) >= 11 is 0. The third-order valence-electron chi connectivity index (χ3n) is 12.5. The Hall–Kier alpha value is -7.59. The lowest BCUT2D eigenvalue weighted by molar-refractivity contribution is 0.809. The van der Waals surface area contributed by atoms with E-state index in [1.165, 1.54) is 99.1 Å². The molecule has 10 aromatic carbocycles. The molecule has 10 aromatic rings. The first-order chi connectivity index (χ1) is 30.0. The first-order valence-corrected chi connectivity index (χ1v) is 20.9. The standard InChI is InChI=1S/C44H28.C7H8N2.C7H9N/c1-27-18-20-28(21-19-27)29-22-24-31-30(26-29)23-25-38-41-36-14-4-2-10-32(36)33-11-3-5-15-37(33)43(41)44(42(31)38)39-16-8-6-12-34(39)35-13-7-9-17-40(35)44;8-7(9)6-4-2-1-3-5-6;8-6-7-4-2-1-3-5-7/h2-26H,1H3;1-5H,(H3,8,9);1-5H,6,8H2. The van der Waals surface area contributed by atoms with Crippen molar-refractivity contribution in [1.82, 2.24) is 0 Å². The van der Waals surface area contributed by atoms with Gasteiger partial charge in [-0.1, -0.05) is 212 Å². The van der Waals surface area contributed by atoms with Crippen molar-refractivity contribution in [1.29, 1.82) is 5.41 Å². The Morgan fingerprint density at radius 3 is 1.57 bits per heavy atom.